The summed E-state index contributed by atoms with van der Waals surface area (Å²) in [4.78, 5) is 18.3. The zero-order valence-corrected chi connectivity index (χ0v) is 13.4. The van der Waals surface area contributed by atoms with Crippen LogP contribution < -0.4 is 4.90 Å². The van der Waals surface area contributed by atoms with Gasteiger partial charge in [-0.25, -0.2) is 9.78 Å². The molecule has 1 aromatic heterocycles. The molecule has 1 saturated heterocycles. The fourth-order valence-corrected chi connectivity index (χ4v) is 3.80. The number of rotatable bonds is 3. The SMILES string of the molecule is CCC1(C(=O)O)CCCN1c1nccc2c(Br)cccc12. The number of carbonyl (C=O) groups is 1. The van der Waals surface area contributed by atoms with E-state index in [0.717, 1.165) is 34.0 Å². The Kier molecular flexibility index (Phi) is 3.61. The molecule has 0 spiro atoms. The summed E-state index contributed by atoms with van der Waals surface area (Å²) >= 11 is 3.55. The Morgan fingerprint density at radius 2 is 2.24 bits per heavy atom. The van der Waals surface area contributed by atoms with Gasteiger partial charge in [-0.05, 0) is 31.4 Å². The van der Waals surface area contributed by atoms with E-state index >= 15 is 0 Å². The van der Waals surface area contributed by atoms with E-state index in [4.69, 9.17) is 0 Å². The molecule has 1 aliphatic heterocycles. The van der Waals surface area contributed by atoms with Crippen LogP contribution in [0, 0.1) is 0 Å². The summed E-state index contributed by atoms with van der Waals surface area (Å²) in [6.07, 6.45) is 3.88. The predicted octanol–water partition coefficient (Wildman–Crippen LogP) is 3.83. The van der Waals surface area contributed by atoms with Crippen molar-refractivity contribution in [2.24, 2.45) is 0 Å². The quantitative estimate of drug-likeness (QED) is 0.915. The number of benzene rings is 1. The van der Waals surface area contributed by atoms with Gasteiger partial charge in [-0.3, -0.25) is 0 Å². The van der Waals surface area contributed by atoms with Crippen molar-refractivity contribution in [3.8, 4) is 0 Å². The van der Waals surface area contributed by atoms with Crippen molar-refractivity contribution in [3.63, 3.8) is 0 Å². The second kappa shape index (κ2) is 5.30. The van der Waals surface area contributed by atoms with Gasteiger partial charge in [-0.15, -0.1) is 0 Å². The van der Waals surface area contributed by atoms with Crippen LogP contribution in [0.5, 0.6) is 0 Å². The van der Waals surface area contributed by atoms with Gasteiger partial charge in [0.2, 0.25) is 0 Å². The van der Waals surface area contributed by atoms with Gasteiger partial charge in [-0.2, -0.15) is 0 Å². The molecule has 1 aromatic carbocycles. The summed E-state index contributed by atoms with van der Waals surface area (Å²) in [5.41, 5.74) is -0.830. The van der Waals surface area contributed by atoms with Crippen LogP contribution in [0.15, 0.2) is 34.9 Å². The van der Waals surface area contributed by atoms with Gasteiger partial charge in [0.25, 0.3) is 0 Å². The van der Waals surface area contributed by atoms with Gasteiger partial charge in [-0.1, -0.05) is 35.0 Å². The van der Waals surface area contributed by atoms with E-state index in [-0.39, 0.29) is 0 Å². The molecule has 2 heterocycles. The van der Waals surface area contributed by atoms with Crippen LogP contribution in [0.2, 0.25) is 0 Å². The Morgan fingerprint density at radius 3 is 2.95 bits per heavy atom. The molecule has 1 atom stereocenters. The van der Waals surface area contributed by atoms with Crippen molar-refractivity contribution >= 4 is 38.5 Å². The molecule has 1 fully saturated rings. The van der Waals surface area contributed by atoms with Crippen molar-refractivity contribution in [2.75, 3.05) is 11.4 Å². The van der Waals surface area contributed by atoms with Crippen LogP contribution in [-0.2, 0) is 4.79 Å². The highest BCUT2D eigenvalue weighted by molar-refractivity contribution is 9.10. The maximum absolute atomic E-state index is 11.9. The first-order valence-corrected chi connectivity index (χ1v) is 7.94. The lowest BCUT2D eigenvalue weighted by Gasteiger charge is -2.35. The lowest BCUT2D eigenvalue weighted by molar-refractivity contribution is -0.143. The molecule has 0 aliphatic carbocycles. The summed E-state index contributed by atoms with van der Waals surface area (Å²) in [5.74, 6) is 0.0202. The second-order valence-corrected chi connectivity index (χ2v) is 6.27. The van der Waals surface area contributed by atoms with Gasteiger partial charge < -0.3 is 10.0 Å². The summed E-state index contributed by atoms with van der Waals surface area (Å²) < 4.78 is 1.00. The minimum absolute atomic E-state index is 0.578. The molecule has 4 nitrogen and oxygen atoms in total. The van der Waals surface area contributed by atoms with Gasteiger partial charge in [0.15, 0.2) is 0 Å². The normalized spacial score (nSPS) is 21.9. The van der Waals surface area contributed by atoms with Gasteiger partial charge in [0.1, 0.15) is 11.4 Å². The van der Waals surface area contributed by atoms with Crippen LogP contribution in [0.3, 0.4) is 0 Å². The molecular weight excluding hydrogens is 332 g/mol. The average molecular weight is 349 g/mol. The molecule has 1 unspecified atom stereocenters. The lowest BCUT2D eigenvalue weighted by Crippen LogP contribution is -2.50. The lowest BCUT2D eigenvalue weighted by atomic mass is 9.92. The van der Waals surface area contributed by atoms with E-state index in [1.807, 2.05) is 36.1 Å². The number of halogens is 1. The third kappa shape index (κ3) is 2.11. The zero-order valence-electron chi connectivity index (χ0n) is 11.8. The van der Waals surface area contributed by atoms with Crippen molar-refractivity contribution in [1.29, 1.82) is 0 Å². The monoisotopic (exact) mass is 348 g/mol. The number of hydrogen-bond donors (Lipinski definition) is 1. The van der Waals surface area contributed by atoms with E-state index < -0.39 is 11.5 Å². The Labute approximate surface area is 131 Å². The first kappa shape index (κ1) is 14.3. The van der Waals surface area contributed by atoms with Crippen LogP contribution in [-0.4, -0.2) is 28.1 Å². The summed E-state index contributed by atoms with van der Waals surface area (Å²) in [6.45, 7) is 2.67. The fourth-order valence-electron chi connectivity index (χ4n) is 3.30. The molecule has 2 aromatic rings. The molecule has 0 saturated carbocycles. The summed E-state index contributed by atoms with van der Waals surface area (Å²) in [5, 5.41) is 11.8. The first-order valence-electron chi connectivity index (χ1n) is 7.14. The predicted molar refractivity (Wildman–Crippen MR) is 86.7 cm³/mol. The Hall–Kier alpha value is -1.62. The largest absolute Gasteiger partial charge is 0.479 e. The minimum atomic E-state index is -0.830. The van der Waals surface area contributed by atoms with Crippen molar-refractivity contribution in [1.82, 2.24) is 4.98 Å². The Bertz CT molecular complexity index is 704. The maximum atomic E-state index is 11.9. The summed E-state index contributed by atoms with van der Waals surface area (Å²) in [6, 6.07) is 7.90. The van der Waals surface area contributed by atoms with Crippen molar-refractivity contribution in [2.45, 2.75) is 31.7 Å². The van der Waals surface area contributed by atoms with Crippen LogP contribution >= 0.6 is 15.9 Å². The number of carboxylic acid groups (broad SMARTS) is 1. The van der Waals surface area contributed by atoms with Crippen LogP contribution in [0.4, 0.5) is 5.82 Å². The van der Waals surface area contributed by atoms with E-state index in [1.54, 1.807) is 6.20 Å². The third-order valence-electron chi connectivity index (χ3n) is 4.46. The zero-order chi connectivity index (χ0) is 15.0. The molecule has 1 N–H and O–H groups in total. The number of fused-ring (bicyclic) bond motifs is 1. The highest BCUT2D eigenvalue weighted by Gasteiger charge is 2.47. The number of aliphatic carboxylic acids is 1. The van der Waals surface area contributed by atoms with E-state index in [0.29, 0.717) is 12.8 Å². The molecule has 1 aliphatic rings. The van der Waals surface area contributed by atoms with Gasteiger partial charge in [0, 0.05) is 28.0 Å². The standard InChI is InChI=1S/C16H17BrN2O2/c1-2-16(15(20)21)8-4-10-19(16)14-12-5-3-6-13(17)11(12)7-9-18-14/h3,5-7,9H,2,4,8,10H2,1H3,(H,20,21). The topological polar surface area (TPSA) is 53.4 Å². The van der Waals surface area contributed by atoms with Crippen molar-refractivity contribution in [3.05, 3.63) is 34.9 Å². The number of nitrogens with zero attached hydrogens (tertiary/aromatic N) is 2. The van der Waals surface area contributed by atoms with Crippen LogP contribution in [0.1, 0.15) is 26.2 Å². The highest BCUT2D eigenvalue weighted by Crippen LogP contribution is 2.39. The van der Waals surface area contributed by atoms with E-state index in [1.165, 1.54) is 0 Å². The van der Waals surface area contributed by atoms with E-state index in [2.05, 4.69) is 20.9 Å². The fraction of sp³-hybridized carbons (Fsp3) is 0.375. The second-order valence-electron chi connectivity index (χ2n) is 5.41. The van der Waals surface area contributed by atoms with E-state index in [9.17, 15) is 9.90 Å². The smallest absolute Gasteiger partial charge is 0.329 e. The molecule has 0 bridgehead atoms. The molecular formula is C16H17BrN2O2. The van der Waals surface area contributed by atoms with Gasteiger partial charge >= 0.3 is 5.97 Å². The Morgan fingerprint density at radius 1 is 1.43 bits per heavy atom. The minimum Gasteiger partial charge on any atom is -0.479 e. The molecule has 0 radical (unpaired) electrons. The Balaban J connectivity index is 2.20. The van der Waals surface area contributed by atoms with Crippen LogP contribution in [0.25, 0.3) is 10.8 Å². The average Bonchev–Trinajstić information content (AvgIpc) is 2.92. The van der Waals surface area contributed by atoms with Crippen molar-refractivity contribution < 1.29 is 9.90 Å². The number of hydrogen-bond acceptors (Lipinski definition) is 3. The first-order chi connectivity index (χ1) is 10.1. The third-order valence-corrected chi connectivity index (χ3v) is 5.15. The maximum Gasteiger partial charge on any atom is 0.329 e. The summed E-state index contributed by atoms with van der Waals surface area (Å²) in [7, 11) is 0. The molecule has 5 heteroatoms. The molecule has 3 rings (SSSR count). The number of carboxylic acids is 1. The number of anilines is 1. The highest BCUT2D eigenvalue weighted by atomic mass is 79.9. The molecule has 21 heavy (non-hydrogen) atoms. The number of aromatic nitrogens is 1. The molecule has 110 valence electrons. The molecule has 0 amide bonds. The number of pyridine rings is 1. The van der Waals surface area contributed by atoms with Gasteiger partial charge in [0.05, 0.1) is 0 Å².